The van der Waals surface area contributed by atoms with Crippen LogP contribution in [0.1, 0.15) is 0 Å². The summed E-state index contributed by atoms with van der Waals surface area (Å²) in [6.07, 6.45) is 0. The molecule has 0 saturated carbocycles. The third-order valence-electron chi connectivity index (χ3n) is 9.91. The van der Waals surface area contributed by atoms with Crippen molar-refractivity contribution in [3.8, 4) is 22.9 Å². The lowest BCUT2D eigenvalue weighted by Crippen LogP contribution is -2.02. The number of para-hydroxylation sites is 4. The van der Waals surface area contributed by atoms with Crippen LogP contribution >= 0.6 is 0 Å². The standard InChI is InChI=1S/C44H26N4O/c1-2-15-29(16-3-1)47-36-22-10-7-18-31(36)40-33(20-12-23-37(40)47)43-45-41-32-19-8-11-24-39(32)49-42(41)44(46-43)48-35-21-9-6-17-30(35)34-25-27-13-4-5-14-28(27)26-38(34)48/h1-26H. The van der Waals surface area contributed by atoms with E-state index in [4.69, 9.17) is 14.4 Å². The van der Waals surface area contributed by atoms with E-state index in [9.17, 15) is 0 Å². The largest absolute Gasteiger partial charge is 0.450 e. The fourth-order valence-corrected chi connectivity index (χ4v) is 7.79. The Labute approximate surface area is 279 Å². The molecule has 0 radical (unpaired) electrons. The first-order chi connectivity index (χ1) is 24.3. The SMILES string of the molecule is c1ccc(-n2c3ccccc3c3c(-c4nc(-n5c6ccccc6c6cc7ccccc7cc65)c5oc6ccccc6c5n4)cccc32)cc1. The van der Waals surface area contributed by atoms with Crippen LogP contribution in [0, 0.1) is 0 Å². The molecule has 228 valence electrons. The smallest absolute Gasteiger partial charge is 0.197 e. The highest BCUT2D eigenvalue weighted by molar-refractivity contribution is 6.17. The number of hydrogen-bond acceptors (Lipinski definition) is 3. The van der Waals surface area contributed by atoms with Gasteiger partial charge in [-0.25, -0.2) is 9.97 Å². The van der Waals surface area contributed by atoms with Gasteiger partial charge in [0.25, 0.3) is 0 Å². The predicted octanol–water partition coefficient (Wildman–Crippen LogP) is 11.4. The van der Waals surface area contributed by atoms with Crippen molar-refractivity contribution in [3.05, 3.63) is 158 Å². The molecule has 5 nitrogen and oxygen atoms in total. The fraction of sp³-hybridized carbons (Fsp3) is 0. The summed E-state index contributed by atoms with van der Waals surface area (Å²) in [6, 6.07) is 55.4. The summed E-state index contributed by atoms with van der Waals surface area (Å²) in [4.78, 5) is 10.8. The van der Waals surface area contributed by atoms with E-state index in [-0.39, 0.29) is 0 Å². The van der Waals surface area contributed by atoms with Crippen LogP contribution < -0.4 is 0 Å². The van der Waals surface area contributed by atoms with Crippen LogP contribution in [-0.4, -0.2) is 19.1 Å². The minimum atomic E-state index is 0.655. The minimum absolute atomic E-state index is 0.655. The van der Waals surface area contributed by atoms with Crippen molar-refractivity contribution in [3.63, 3.8) is 0 Å². The van der Waals surface area contributed by atoms with E-state index in [0.717, 1.165) is 66.4 Å². The van der Waals surface area contributed by atoms with Crippen LogP contribution in [0.2, 0.25) is 0 Å². The maximum absolute atomic E-state index is 6.65. The lowest BCUT2D eigenvalue weighted by molar-refractivity contribution is 0.662. The highest BCUT2D eigenvalue weighted by Crippen LogP contribution is 2.42. The third kappa shape index (κ3) is 3.70. The monoisotopic (exact) mass is 626 g/mol. The van der Waals surface area contributed by atoms with Crippen molar-refractivity contribution in [2.45, 2.75) is 0 Å². The van der Waals surface area contributed by atoms with Crippen LogP contribution in [0.3, 0.4) is 0 Å². The molecule has 0 atom stereocenters. The average Bonchev–Trinajstić information content (AvgIpc) is 3.81. The number of aromatic nitrogens is 4. The van der Waals surface area contributed by atoms with Gasteiger partial charge in [0, 0.05) is 38.2 Å². The number of furan rings is 1. The predicted molar refractivity (Wildman–Crippen MR) is 201 cm³/mol. The summed E-state index contributed by atoms with van der Waals surface area (Å²) in [7, 11) is 0. The normalized spacial score (nSPS) is 12.1. The zero-order valence-corrected chi connectivity index (χ0v) is 26.2. The summed E-state index contributed by atoms with van der Waals surface area (Å²) in [5.41, 5.74) is 8.73. The number of hydrogen-bond donors (Lipinski definition) is 0. The molecule has 0 aliphatic rings. The molecule has 0 aliphatic heterocycles. The lowest BCUT2D eigenvalue weighted by atomic mass is 10.1. The quantitative estimate of drug-likeness (QED) is 0.196. The van der Waals surface area contributed by atoms with Gasteiger partial charge in [-0.2, -0.15) is 0 Å². The van der Waals surface area contributed by atoms with Gasteiger partial charge in [0.15, 0.2) is 17.2 Å². The van der Waals surface area contributed by atoms with Crippen LogP contribution in [0.5, 0.6) is 0 Å². The van der Waals surface area contributed by atoms with Gasteiger partial charge in [0.05, 0.1) is 22.1 Å². The third-order valence-corrected chi connectivity index (χ3v) is 9.91. The van der Waals surface area contributed by atoms with E-state index in [2.05, 4.69) is 149 Å². The average molecular weight is 627 g/mol. The second-order valence-electron chi connectivity index (χ2n) is 12.6. The van der Waals surface area contributed by atoms with Crippen LogP contribution in [0.25, 0.3) is 99.3 Å². The molecule has 11 aromatic rings. The Balaban J connectivity index is 1.30. The Hall–Kier alpha value is -6.72. The summed E-state index contributed by atoms with van der Waals surface area (Å²) < 4.78 is 11.2. The molecule has 0 unspecified atom stereocenters. The Bertz CT molecular complexity index is 3110. The second kappa shape index (κ2) is 9.89. The van der Waals surface area contributed by atoms with Crippen molar-refractivity contribution < 1.29 is 4.42 Å². The first-order valence-electron chi connectivity index (χ1n) is 16.5. The van der Waals surface area contributed by atoms with E-state index in [1.54, 1.807) is 0 Å². The molecule has 0 fully saturated rings. The van der Waals surface area contributed by atoms with E-state index < -0.39 is 0 Å². The first-order valence-corrected chi connectivity index (χ1v) is 16.5. The van der Waals surface area contributed by atoms with E-state index >= 15 is 0 Å². The molecule has 0 saturated heterocycles. The van der Waals surface area contributed by atoms with Gasteiger partial charge >= 0.3 is 0 Å². The molecule has 4 heterocycles. The zero-order chi connectivity index (χ0) is 32.1. The highest BCUT2D eigenvalue weighted by atomic mass is 16.3. The molecule has 0 N–H and O–H groups in total. The Morgan fingerprint density at radius 2 is 1.10 bits per heavy atom. The van der Waals surface area contributed by atoms with Crippen LogP contribution in [-0.2, 0) is 0 Å². The summed E-state index contributed by atoms with van der Waals surface area (Å²) in [6.45, 7) is 0. The number of rotatable bonds is 3. The van der Waals surface area contributed by atoms with Gasteiger partial charge in [-0.3, -0.25) is 4.57 Å². The fourth-order valence-electron chi connectivity index (χ4n) is 7.79. The molecule has 0 aliphatic carbocycles. The highest BCUT2D eigenvalue weighted by Gasteiger charge is 2.24. The van der Waals surface area contributed by atoms with Crippen molar-refractivity contribution in [2.24, 2.45) is 0 Å². The summed E-state index contributed by atoms with van der Waals surface area (Å²) in [5.74, 6) is 1.38. The Morgan fingerprint density at radius 1 is 0.449 bits per heavy atom. The summed E-state index contributed by atoms with van der Waals surface area (Å²) in [5, 5.41) is 7.96. The molecule has 0 amide bonds. The molecule has 11 rings (SSSR count). The number of fused-ring (bicyclic) bond motifs is 10. The van der Waals surface area contributed by atoms with Crippen molar-refractivity contribution >= 4 is 76.5 Å². The van der Waals surface area contributed by atoms with Crippen molar-refractivity contribution in [2.75, 3.05) is 0 Å². The minimum Gasteiger partial charge on any atom is -0.450 e. The molecule has 4 aromatic heterocycles. The lowest BCUT2D eigenvalue weighted by Gasteiger charge is -2.11. The molecule has 5 heteroatoms. The molecule has 0 spiro atoms. The number of benzene rings is 7. The Morgan fingerprint density at radius 3 is 1.94 bits per heavy atom. The molecule has 7 aromatic carbocycles. The molecular weight excluding hydrogens is 601 g/mol. The van der Waals surface area contributed by atoms with Gasteiger partial charge in [0.1, 0.15) is 11.1 Å². The Kier molecular flexibility index (Phi) is 5.32. The number of nitrogens with zero attached hydrogens (tertiary/aromatic N) is 4. The van der Waals surface area contributed by atoms with Crippen molar-refractivity contribution in [1.29, 1.82) is 0 Å². The summed E-state index contributed by atoms with van der Waals surface area (Å²) >= 11 is 0. The van der Waals surface area contributed by atoms with E-state index in [0.29, 0.717) is 11.4 Å². The van der Waals surface area contributed by atoms with Gasteiger partial charge < -0.3 is 8.98 Å². The van der Waals surface area contributed by atoms with E-state index in [1.165, 1.54) is 21.5 Å². The van der Waals surface area contributed by atoms with Gasteiger partial charge in [-0.05, 0) is 65.4 Å². The maximum atomic E-state index is 6.65. The van der Waals surface area contributed by atoms with Crippen molar-refractivity contribution in [1.82, 2.24) is 19.1 Å². The van der Waals surface area contributed by atoms with Crippen LogP contribution in [0.15, 0.2) is 162 Å². The first kappa shape index (κ1) is 26.4. The van der Waals surface area contributed by atoms with Gasteiger partial charge in [-0.1, -0.05) is 103 Å². The molecule has 0 bridgehead atoms. The second-order valence-corrected chi connectivity index (χ2v) is 12.6. The van der Waals surface area contributed by atoms with Gasteiger partial charge in [0.2, 0.25) is 0 Å². The van der Waals surface area contributed by atoms with Gasteiger partial charge in [-0.15, -0.1) is 0 Å². The molecular formula is C44H26N4O. The van der Waals surface area contributed by atoms with E-state index in [1.807, 2.05) is 18.2 Å². The zero-order valence-electron chi connectivity index (χ0n) is 26.2. The van der Waals surface area contributed by atoms with Crippen LogP contribution in [0.4, 0.5) is 0 Å². The molecule has 49 heavy (non-hydrogen) atoms. The topological polar surface area (TPSA) is 48.8 Å². The maximum Gasteiger partial charge on any atom is 0.197 e.